The third-order valence-corrected chi connectivity index (χ3v) is 5.03. The highest BCUT2D eigenvalue weighted by Crippen LogP contribution is 2.23. The van der Waals surface area contributed by atoms with Crippen molar-refractivity contribution >= 4 is 16.8 Å². The average Bonchev–Trinajstić information content (AvgIpc) is 2.81. The Balaban J connectivity index is 1.55. The fourth-order valence-electron chi connectivity index (χ4n) is 3.31. The van der Waals surface area contributed by atoms with Gasteiger partial charge in [0.15, 0.2) is 0 Å². The van der Waals surface area contributed by atoms with E-state index in [4.69, 9.17) is 9.47 Å². The molecule has 5 heteroatoms. The maximum Gasteiger partial charge on any atom is 0.252 e. The fourth-order valence-corrected chi connectivity index (χ4v) is 3.31. The molecule has 0 spiro atoms. The van der Waals surface area contributed by atoms with Crippen molar-refractivity contribution in [3.05, 3.63) is 101 Å². The lowest BCUT2D eigenvalue weighted by atomic mass is 10.1. The van der Waals surface area contributed by atoms with Crippen molar-refractivity contribution in [1.82, 2.24) is 10.3 Å². The lowest BCUT2D eigenvalue weighted by Gasteiger charge is -2.12. The number of fused-ring (bicyclic) bond motifs is 1. The number of methoxy groups -OCH3 is 1. The van der Waals surface area contributed by atoms with Gasteiger partial charge in [0.05, 0.1) is 18.2 Å². The van der Waals surface area contributed by atoms with Crippen molar-refractivity contribution in [1.29, 1.82) is 0 Å². The number of rotatable bonds is 7. The van der Waals surface area contributed by atoms with Gasteiger partial charge in [0.25, 0.3) is 5.91 Å². The van der Waals surface area contributed by atoms with E-state index in [0.29, 0.717) is 24.6 Å². The average molecular weight is 412 g/mol. The molecule has 1 N–H and O–H groups in total. The van der Waals surface area contributed by atoms with Crippen molar-refractivity contribution in [2.45, 2.75) is 20.1 Å². The van der Waals surface area contributed by atoms with Gasteiger partial charge in [-0.25, -0.2) is 4.98 Å². The number of nitrogens with one attached hydrogen (secondary N) is 1. The summed E-state index contributed by atoms with van der Waals surface area (Å²) >= 11 is 0. The number of hydrogen-bond acceptors (Lipinski definition) is 4. The van der Waals surface area contributed by atoms with Crippen molar-refractivity contribution in [2.24, 2.45) is 0 Å². The molecular weight excluding hydrogens is 388 g/mol. The van der Waals surface area contributed by atoms with Gasteiger partial charge >= 0.3 is 0 Å². The minimum absolute atomic E-state index is 0.179. The van der Waals surface area contributed by atoms with Gasteiger partial charge in [-0.15, -0.1) is 0 Å². The van der Waals surface area contributed by atoms with Crippen LogP contribution in [0.25, 0.3) is 10.9 Å². The van der Waals surface area contributed by atoms with Crippen LogP contribution in [0, 0.1) is 6.92 Å². The van der Waals surface area contributed by atoms with Crippen LogP contribution >= 0.6 is 0 Å². The number of aryl methyl sites for hydroxylation is 1. The van der Waals surface area contributed by atoms with Crippen LogP contribution in [0.3, 0.4) is 0 Å². The van der Waals surface area contributed by atoms with Gasteiger partial charge in [-0.2, -0.15) is 0 Å². The van der Waals surface area contributed by atoms with Crippen molar-refractivity contribution in [2.75, 3.05) is 7.11 Å². The minimum atomic E-state index is -0.179. The van der Waals surface area contributed by atoms with Crippen LogP contribution in [-0.4, -0.2) is 18.0 Å². The number of benzene rings is 3. The monoisotopic (exact) mass is 412 g/mol. The third-order valence-electron chi connectivity index (χ3n) is 5.03. The Morgan fingerprint density at radius 1 is 0.935 bits per heavy atom. The number of carbonyl (C=O) groups is 1. The molecule has 0 aliphatic carbocycles. The first-order valence-electron chi connectivity index (χ1n) is 10.1. The molecule has 1 aromatic heterocycles. The van der Waals surface area contributed by atoms with E-state index in [9.17, 15) is 4.79 Å². The Bertz CT molecular complexity index is 1200. The number of nitrogens with zero attached hydrogens (tertiary/aromatic N) is 1. The second-order valence-electron chi connectivity index (χ2n) is 7.33. The second kappa shape index (κ2) is 9.30. The second-order valence-corrected chi connectivity index (χ2v) is 7.33. The molecule has 0 radical (unpaired) electrons. The number of amides is 1. The van der Waals surface area contributed by atoms with Crippen LogP contribution in [-0.2, 0) is 13.2 Å². The fraction of sp³-hybridized carbons (Fsp3) is 0.154. The summed E-state index contributed by atoms with van der Waals surface area (Å²) in [5.41, 5.74) is 4.46. The lowest BCUT2D eigenvalue weighted by Crippen LogP contribution is -2.23. The zero-order valence-electron chi connectivity index (χ0n) is 17.6. The molecule has 4 aromatic rings. The molecule has 3 aromatic carbocycles. The molecule has 0 atom stereocenters. The Labute approximate surface area is 181 Å². The summed E-state index contributed by atoms with van der Waals surface area (Å²) in [5.74, 6) is 1.00. The number of para-hydroxylation sites is 1. The van der Waals surface area contributed by atoms with Crippen molar-refractivity contribution < 1.29 is 14.3 Å². The summed E-state index contributed by atoms with van der Waals surface area (Å²) in [6.07, 6.45) is 0. The Morgan fingerprint density at radius 3 is 2.55 bits per heavy atom. The maximum atomic E-state index is 13.0. The van der Waals surface area contributed by atoms with Crippen LogP contribution < -0.4 is 14.8 Å². The molecule has 5 nitrogen and oxygen atoms in total. The number of aromatic nitrogens is 1. The lowest BCUT2D eigenvalue weighted by molar-refractivity contribution is 0.0952. The van der Waals surface area contributed by atoms with Gasteiger partial charge in [0, 0.05) is 18.0 Å². The first-order valence-corrected chi connectivity index (χ1v) is 10.1. The highest BCUT2D eigenvalue weighted by Gasteiger charge is 2.14. The van der Waals surface area contributed by atoms with Gasteiger partial charge in [-0.3, -0.25) is 4.79 Å². The molecule has 31 heavy (non-hydrogen) atoms. The maximum absolute atomic E-state index is 13.0. The van der Waals surface area contributed by atoms with E-state index in [1.54, 1.807) is 13.2 Å². The Hall–Kier alpha value is -3.86. The number of hydrogen-bond donors (Lipinski definition) is 1. The normalized spacial score (nSPS) is 10.6. The van der Waals surface area contributed by atoms with Crippen LogP contribution in [0.4, 0.5) is 0 Å². The molecule has 156 valence electrons. The van der Waals surface area contributed by atoms with Gasteiger partial charge in [-0.1, -0.05) is 60.2 Å². The van der Waals surface area contributed by atoms with E-state index in [-0.39, 0.29) is 5.91 Å². The van der Waals surface area contributed by atoms with Gasteiger partial charge in [0.1, 0.15) is 12.4 Å². The summed E-state index contributed by atoms with van der Waals surface area (Å²) in [5, 5.41) is 3.77. The van der Waals surface area contributed by atoms with Gasteiger partial charge in [-0.05, 0) is 36.2 Å². The van der Waals surface area contributed by atoms with Crippen LogP contribution in [0.1, 0.15) is 27.0 Å². The van der Waals surface area contributed by atoms with E-state index in [0.717, 1.165) is 27.8 Å². The largest absolute Gasteiger partial charge is 0.497 e. The first kappa shape index (κ1) is 20.4. The zero-order chi connectivity index (χ0) is 21.6. The standard InChI is InChI=1S/C26H24N2O3/c1-18-10-12-19(13-11-18)17-31-25-15-23(22-8-3-4-9-24(22)28-25)26(29)27-16-20-6-5-7-21(14-20)30-2/h3-15H,16-17H2,1-2H3,(H,27,29). The molecule has 0 aliphatic heterocycles. The molecule has 0 aliphatic rings. The summed E-state index contributed by atoms with van der Waals surface area (Å²) in [6, 6.07) is 25.1. The number of pyridine rings is 1. The highest BCUT2D eigenvalue weighted by molar-refractivity contribution is 6.06. The molecule has 0 fully saturated rings. The smallest absolute Gasteiger partial charge is 0.252 e. The van der Waals surface area contributed by atoms with E-state index in [1.165, 1.54) is 5.56 Å². The summed E-state index contributed by atoms with van der Waals surface area (Å²) < 4.78 is 11.2. The van der Waals surface area contributed by atoms with Crippen molar-refractivity contribution in [3.8, 4) is 11.6 Å². The zero-order valence-corrected chi connectivity index (χ0v) is 17.6. The summed E-state index contributed by atoms with van der Waals surface area (Å²) in [6.45, 7) is 2.83. The molecule has 4 rings (SSSR count). The Morgan fingerprint density at radius 2 is 1.74 bits per heavy atom. The van der Waals surface area contributed by atoms with Crippen LogP contribution in [0.15, 0.2) is 78.9 Å². The molecule has 1 amide bonds. The molecular formula is C26H24N2O3. The minimum Gasteiger partial charge on any atom is -0.497 e. The topological polar surface area (TPSA) is 60.5 Å². The van der Waals surface area contributed by atoms with Crippen LogP contribution in [0.2, 0.25) is 0 Å². The van der Waals surface area contributed by atoms with Crippen molar-refractivity contribution in [3.63, 3.8) is 0 Å². The predicted octanol–water partition coefficient (Wildman–Crippen LogP) is 5.06. The quantitative estimate of drug-likeness (QED) is 0.461. The van der Waals surface area contributed by atoms with Gasteiger partial charge in [0.2, 0.25) is 5.88 Å². The van der Waals surface area contributed by atoms with E-state index in [2.05, 4.69) is 10.3 Å². The Kier molecular flexibility index (Phi) is 6.13. The molecule has 0 bridgehead atoms. The van der Waals surface area contributed by atoms with E-state index >= 15 is 0 Å². The van der Waals surface area contributed by atoms with E-state index < -0.39 is 0 Å². The SMILES string of the molecule is COc1cccc(CNC(=O)c2cc(OCc3ccc(C)cc3)nc3ccccc23)c1. The first-order chi connectivity index (χ1) is 15.1. The molecule has 0 saturated carbocycles. The third kappa shape index (κ3) is 5.01. The summed E-state index contributed by atoms with van der Waals surface area (Å²) in [7, 11) is 1.62. The molecule has 1 heterocycles. The molecule has 0 unspecified atom stereocenters. The van der Waals surface area contributed by atoms with Gasteiger partial charge < -0.3 is 14.8 Å². The summed E-state index contributed by atoms with van der Waals surface area (Å²) in [4.78, 5) is 17.6. The predicted molar refractivity (Wildman–Crippen MR) is 121 cm³/mol. The molecule has 0 saturated heterocycles. The highest BCUT2D eigenvalue weighted by atomic mass is 16.5. The van der Waals surface area contributed by atoms with E-state index in [1.807, 2.05) is 79.7 Å². The number of carbonyl (C=O) groups excluding carboxylic acids is 1. The van der Waals surface area contributed by atoms with Crippen LogP contribution in [0.5, 0.6) is 11.6 Å². The number of ether oxygens (including phenoxy) is 2.